The number of fused-ring (bicyclic) bond motifs is 1. The maximum absolute atomic E-state index is 12.9. The number of likely N-dealkylation sites (N-methyl/N-ethyl adjacent to an activating group) is 1. The second-order valence-corrected chi connectivity index (χ2v) is 9.17. The molecule has 0 atom stereocenters. The van der Waals surface area contributed by atoms with Gasteiger partial charge in [0.1, 0.15) is 0 Å². The van der Waals surface area contributed by atoms with Crippen molar-refractivity contribution in [3.8, 4) is 0 Å². The molecule has 0 unspecified atom stereocenters. The Balaban J connectivity index is 1.38. The first-order chi connectivity index (χ1) is 16.6. The molecule has 10 nitrogen and oxygen atoms in total. The van der Waals surface area contributed by atoms with Crippen molar-refractivity contribution in [2.75, 3.05) is 56.9 Å². The Labute approximate surface area is 199 Å². The summed E-state index contributed by atoms with van der Waals surface area (Å²) in [6.45, 7) is 4.42. The summed E-state index contributed by atoms with van der Waals surface area (Å²) in [6.07, 6.45) is 6.64. The number of nitrogens with zero attached hydrogens (tertiary/aromatic N) is 6. The number of aromatic nitrogens is 4. The van der Waals surface area contributed by atoms with Crippen molar-refractivity contribution >= 4 is 34.5 Å². The highest BCUT2D eigenvalue weighted by Crippen LogP contribution is 2.33. The molecule has 1 aliphatic heterocycles. The quantitative estimate of drug-likeness (QED) is 0.489. The number of rotatable bonds is 7. The zero-order chi connectivity index (χ0) is 23.5. The SMILES string of the molecule is CN1CCN(C(=O)c2ccc(Nc3nc(NCCN)nc4c3ncn4C3CCCC3)cc2)CC1. The van der Waals surface area contributed by atoms with E-state index in [2.05, 4.69) is 37.1 Å². The molecule has 10 heteroatoms. The molecule has 2 fully saturated rings. The van der Waals surface area contributed by atoms with Gasteiger partial charge in [-0.3, -0.25) is 4.79 Å². The molecule has 4 N–H and O–H groups in total. The number of imidazole rings is 1. The predicted molar refractivity (Wildman–Crippen MR) is 133 cm³/mol. The monoisotopic (exact) mass is 463 g/mol. The fourth-order valence-electron chi connectivity index (χ4n) is 4.74. The van der Waals surface area contributed by atoms with Crippen molar-refractivity contribution in [2.24, 2.45) is 5.73 Å². The summed E-state index contributed by atoms with van der Waals surface area (Å²) < 4.78 is 2.18. The Morgan fingerprint density at radius 3 is 2.53 bits per heavy atom. The number of amides is 1. The van der Waals surface area contributed by atoms with Crippen LogP contribution in [0.2, 0.25) is 0 Å². The molecule has 1 amide bonds. The molecule has 2 aliphatic rings. The topological polar surface area (TPSA) is 117 Å². The van der Waals surface area contributed by atoms with Crippen LogP contribution in [0.1, 0.15) is 42.1 Å². The lowest BCUT2D eigenvalue weighted by Crippen LogP contribution is -2.47. The normalized spacial score (nSPS) is 17.4. The Hall–Kier alpha value is -3.24. The Kier molecular flexibility index (Phi) is 6.59. The molecule has 0 spiro atoms. The molecular weight excluding hydrogens is 430 g/mol. The second kappa shape index (κ2) is 9.94. The largest absolute Gasteiger partial charge is 0.353 e. The summed E-state index contributed by atoms with van der Waals surface area (Å²) in [6, 6.07) is 7.99. The molecule has 0 radical (unpaired) electrons. The van der Waals surface area contributed by atoms with Crippen molar-refractivity contribution in [1.82, 2.24) is 29.3 Å². The molecule has 3 aromatic rings. The highest BCUT2D eigenvalue weighted by molar-refractivity contribution is 5.95. The minimum absolute atomic E-state index is 0.0765. The van der Waals surface area contributed by atoms with Gasteiger partial charge in [-0.05, 0) is 44.2 Å². The Bertz CT molecular complexity index is 1130. The Morgan fingerprint density at radius 1 is 1.09 bits per heavy atom. The van der Waals surface area contributed by atoms with Gasteiger partial charge in [-0.2, -0.15) is 9.97 Å². The van der Waals surface area contributed by atoms with E-state index in [1.807, 2.05) is 35.5 Å². The molecule has 2 aromatic heterocycles. The number of nitrogens with one attached hydrogen (secondary N) is 2. The van der Waals surface area contributed by atoms with Crippen molar-refractivity contribution in [1.29, 1.82) is 0 Å². The zero-order valence-electron chi connectivity index (χ0n) is 19.7. The van der Waals surface area contributed by atoms with Gasteiger partial charge in [-0.1, -0.05) is 12.8 Å². The van der Waals surface area contributed by atoms with Crippen LogP contribution < -0.4 is 16.4 Å². The van der Waals surface area contributed by atoms with Gasteiger partial charge in [0.2, 0.25) is 5.95 Å². The highest BCUT2D eigenvalue weighted by atomic mass is 16.2. The van der Waals surface area contributed by atoms with Crippen LogP contribution in [0, 0.1) is 0 Å². The summed E-state index contributed by atoms with van der Waals surface area (Å²) in [7, 11) is 2.08. The molecule has 5 rings (SSSR count). The maximum atomic E-state index is 12.9. The van der Waals surface area contributed by atoms with E-state index in [0.717, 1.165) is 55.9 Å². The van der Waals surface area contributed by atoms with Crippen LogP contribution in [0.15, 0.2) is 30.6 Å². The lowest BCUT2D eigenvalue weighted by atomic mass is 10.1. The first-order valence-corrected chi connectivity index (χ1v) is 12.2. The number of anilines is 3. The molecule has 180 valence electrons. The summed E-state index contributed by atoms with van der Waals surface area (Å²) in [5, 5.41) is 6.59. The van der Waals surface area contributed by atoms with E-state index < -0.39 is 0 Å². The van der Waals surface area contributed by atoms with Crippen LogP contribution in [0.4, 0.5) is 17.5 Å². The summed E-state index contributed by atoms with van der Waals surface area (Å²) in [5.41, 5.74) is 8.77. The van der Waals surface area contributed by atoms with E-state index in [1.165, 1.54) is 12.8 Å². The third kappa shape index (κ3) is 4.69. The van der Waals surface area contributed by atoms with E-state index in [4.69, 9.17) is 10.7 Å². The van der Waals surface area contributed by atoms with Gasteiger partial charge in [0.15, 0.2) is 17.0 Å². The lowest BCUT2D eigenvalue weighted by molar-refractivity contribution is 0.0664. The van der Waals surface area contributed by atoms with E-state index in [9.17, 15) is 4.79 Å². The first-order valence-electron chi connectivity index (χ1n) is 12.2. The van der Waals surface area contributed by atoms with Crippen LogP contribution in [0.5, 0.6) is 0 Å². The van der Waals surface area contributed by atoms with Gasteiger partial charge in [-0.25, -0.2) is 4.98 Å². The van der Waals surface area contributed by atoms with Gasteiger partial charge >= 0.3 is 0 Å². The second-order valence-electron chi connectivity index (χ2n) is 9.17. The van der Waals surface area contributed by atoms with Gasteiger partial charge < -0.3 is 30.7 Å². The third-order valence-electron chi connectivity index (χ3n) is 6.75. The number of carbonyl (C=O) groups is 1. The van der Waals surface area contributed by atoms with Crippen molar-refractivity contribution in [3.63, 3.8) is 0 Å². The number of hydrogen-bond donors (Lipinski definition) is 3. The number of hydrogen-bond acceptors (Lipinski definition) is 8. The summed E-state index contributed by atoms with van der Waals surface area (Å²) in [5.74, 6) is 1.24. The first kappa shape index (κ1) is 22.5. The number of benzene rings is 1. The van der Waals surface area contributed by atoms with Gasteiger partial charge in [0.25, 0.3) is 5.91 Å². The molecule has 1 aliphatic carbocycles. The van der Waals surface area contributed by atoms with Gasteiger partial charge in [0.05, 0.1) is 6.33 Å². The fourth-order valence-corrected chi connectivity index (χ4v) is 4.74. The minimum atomic E-state index is 0.0765. The molecular formula is C24H33N9O. The van der Waals surface area contributed by atoms with E-state index in [-0.39, 0.29) is 5.91 Å². The van der Waals surface area contributed by atoms with E-state index in [0.29, 0.717) is 36.5 Å². The molecule has 3 heterocycles. The zero-order valence-corrected chi connectivity index (χ0v) is 19.7. The van der Waals surface area contributed by atoms with Gasteiger partial charge in [-0.15, -0.1) is 0 Å². The number of nitrogens with two attached hydrogens (primary N) is 1. The van der Waals surface area contributed by atoms with Crippen LogP contribution in [0.25, 0.3) is 11.2 Å². The van der Waals surface area contributed by atoms with E-state index >= 15 is 0 Å². The minimum Gasteiger partial charge on any atom is -0.353 e. The fraction of sp³-hybridized carbons (Fsp3) is 0.500. The molecule has 1 saturated heterocycles. The van der Waals surface area contributed by atoms with Crippen LogP contribution in [0.3, 0.4) is 0 Å². The summed E-state index contributed by atoms with van der Waals surface area (Å²) in [4.78, 5) is 31.1. The number of piperazine rings is 1. The predicted octanol–water partition coefficient (Wildman–Crippen LogP) is 2.44. The Morgan fingerprint density at radius 2 is 1.82 bits per heavy atom. The van der Waals surface area contributed by atoms with E-state index in [1.54, 1.807) is 0 Å². The van der Waals surface area contributed by atoms with Crippen LogP contribution >= 0.6 is 0 Å². The van der Waals surface area contributed by atoms with Crippen molar-refractivity contribution in [3.05, 3.63) is 36.2 Å². The summed E-state index contributed by atoms with van der Waals surface area (Å²) >= 11 is 0. The average molecular weight is 464 g/mol. The van der Waals surface area contributed by atoms with Crippen molar-refractivity contribution < 1.29 is 4.79 Å². The average Bonchev–Trinajstić information content (AvgIpc) is 3.53. The molecule has 1 saturated carbocycles. The lowest BCUT2D eigenvalue weighted by Gasteiger charge is -2.32. The highest BCUT2D eigenvalue weighted by Gasteiger charge is 2.23. The molecule has 34 heavy (non-hydrogen) atoms. The molecule has 0 bridgehead atoms. The smallest absolute Gasteiger partial charge is 0.253 e. The number of carbonyl (C=O) groups excluding carboxylic acids is 1. The van der Waals surface area contributed by atoms with Crippen LogP contribution in [-0.2, 0) is 0 Å². The standard InChI is InChI=1S/C24H33N9O/c1-31-12-14-32(15-13-31)23(34)17-6-8-18(9-7-17)28-21-20-22(30-24(29-21)26-11-10-25)33(16-27-20)19-4-2-3-5-19/h6-9,16,19H,2-5,10-15,25H2,1H3,(H2,26,28,29,30). The third-order valence-corrected chi connectivity index (χ3v) is 6.75. The van der Waals surface area contributed by atoms with Crippen molar-refractivity contribution in [2.45, 2.75) is 31.7 Å². The molecule has 1 aromatic carbocycles. The van der Waals surface area contributed by atoms with Crippen LogP contribution in [-0.4, -0.2) is 81.5 Å². The maximum Gasteiger partial charge on any atom is 0.253 e. The van der Waals surface area contributed by atoms with Gasteiger partial charge in [0, 0.05) is 56.6 Å².